The summed E-state index contributed by atoms with van der Waals surface area (Å²) in [6, 6.07) is 9.41. The molecule has 1 aromatic heterocycles. The van der Waals surface area contributed by atoms with Gasteiger partial charge in [-0.3, -0.25) is 4.90 Å². The SMILES string of the molecule is COc1ccc(NC(=O)NCC2CCN(Cc3cccs3)CC2)c(OC)c1. The van der Waals surface area contributed by atoms with Crippen molar-refractivity contribution in [3.05, 3.63) is 40.6 Å². The summed E-state index contributed by atoms with van der Waals surface area (Å²) in [6.07, 6.45) is 2.22. The van der Waals surface area contributed by atoms with E-state index in [-0.39, 0.29) is 6.03 Å². The van der Waals surface area contributed by atoms with Gasteiger partial charge in [-0.05, 0) is 55.4 Å². The molecule has 0 aliphatic carbocycles. The normalized spacial score (nSPS) is 15.3. The summed E-state index contributed by atoms with van der Waals surface area (Å²) in [5.74, 6) is 1.78. The average Bonchev–Trinajstić information content (AvgIpc) is 3.21. The van der Waals surface area contributed by atoms with Crippen LogP contribution in [0.1, 0.15) is 17.7 Å². The van der Waals surface area contributed by atoms with Crippen LogP contribution >= 0.6 is 11.3 Å². The van der Waals surface area contributed by atoms with Crippen LogP contribution in [-0.4, -0.2) is 44.8 Å². The summed E-state index contributed by atoms with van der Waals surface area (Å²) < 4.78 is 10.5. The van der Waals surface area contributed by atoms with Gasteiger partial charge in [0.05, 0.1) is 19.9 Å². The van der Waals surface area contributed by atoms with Gasteiger partial charge < -0.3 is 20.1 Å². The van der Waals surface area contributed by atoms with Crippen molar-refractivity contribution in [3.8, 4) is 11.5 Å². The number of benzene rings is 1. The maximum absolute atomic E-state index is 12.2. The molecule has 0 atom stereocenters. The first-order valence-corrected chi connectivity index (χ1v) is 10.1. The summed E-state index contributed by atoms with van der Waals surface area (Å²) in [7, 11) is 3.17. The first-order valence-electron chi connectivity index (χ1n) is 9.19. The van der Waals surface area contributed by atoms with E-state index < -0.39 is 0 Å². The first-order chi connectivity index (χ1) is 13.2. The second kappa shape index (κ2) is 9.62. The topological polar surface area (TPSA) is 62.8 Å². The van der Waals surface area contributed by atoms with Gasteiger partial charge in [-0.2, -0.15) is 0 Å². The summed E-state index contributed by atoms with van der Waals surface area (Å²) >= 11 is 1.81. The fraction of sp³-hybridized carbons (Fsp3) is 0.450. The first kappa shape index (κ1) is 19.5. The Morgan fingerprint density at radius 1 is 1.22 bits per heavy atom. The fourth-order valence-corrected chi connectivity index (χ4v) is 4.02. The molecule has 7 heteroatoms. The Morgan fingerprint density at radius 3 is 2.70 bits per heavy atom. The predicted octanol–water partition coefficient (Wildman–Crippen LogP) is 3.80. The molecule has 0 spiro atoms. The zero-order valence-corrected chi connectivity index (χ0v) is 16.7. The quantitative estimate of drug-likeness (QED) is 0.756. The molecular weight excluding hydrogens is 362 g/mol. The number of carbonyl (C=O) groups is 1. The lowest BCUT2D eigenvalue weighted by Crippen LogP contribution is -2.39. The number of hydrogen-bond acceptors (Lipinski definition) is 5. The largest absolute Gasteiger partial charge is 0.497 e. The van der Waals surface area contributed by atoms with Crippen molar-refractivity contribution < 1.29 is 14.3 Å². The van der Waals surface area contributed by atoms with Crippen LogP contribution < -0.4 is 20.1 Å². The van der Waals surface area contributed by atoms with Crippen molar-refractivity contribution in [2.24, 2.45) is 5.92 Å². The fourth-order valence-electron chi connectivity index (χ4n) is 3.28. The summed E-state index contributed by atoms with van der Waals surface area (Å²) in [5, 5.41) is 7.97. The molecule has 146 valence electrons. The number of hydrogen-bond donors (Lipinski definition) is 2. The van der Waals surface area contributed by atoms with E-state index >= 15 is 0 Å². The van der Waals surface area contributed by atoms with Gasteiger partial charge in [-0.15, -0.1) is 11.3 Å². The molecular formula is C20H27N3O3S. The number of anilines is 1. The third-order valence-corrected chi connectivity index (χ3v) is 5.74. The van der Waals surface area contributed by atoms with Crippen molar-refractivity contribution in [1.82, 2.24) is 10.2 Å². The smallest absolute Gasteiger partial charge is 0.319 e. The van der Waals surface area contributed by atoms with Crippen molar-refractivity contribution in [1.29, 1.82) is 0 Å². The maximum Gasteiger partial charge on any atom is 0.319 e. The van der Waals surface area contributed by atoms with E-state index in [4.69, 9.17) is 9.47 Å². The number of piperidine rings is 1. The number of nitrogens with zero attached hydrogens (tertiary/aromatic N) is 1. The second-order valence-corrected chi connectivity index (χ2v) is 7.73. The van der Waals surface area contributed by atoms with Gasteiger partial charge in [0.25, 0.3) is 0 Å². The van der Waals surface area contributed by atoms with E-state index in [2.05, 4.69) is 33.0 Å². The highest BCUT2D eigenvalue weighted by Gasteiger charge is 2.20. The van der Waals surface area contributed by atoms with Gasteiger partial charge >= 0.3 is 6.03 Å². The Labute approximate surface area is 164 Å². The number of likely N-dealkylation sites (tertiary alicyclic amines) is 1. The van der Waals surface area contributed by atoms with Gasteiger partial charge in [0.2, 0.25) is 0 Å². The van der Waals surface area contributed by atoms with Crippen LogP contribution in [0.3, 0.4) is 0 Å². The number of amides is 2. The highest BCUT2D eigenvalue weighted by molar-refractivity contribution is 7.09. The molecule has 1 fully saturated rings. The van der Waals surface area contributed by atoms with Crippen LogP contribution in [0.2, 0.25) is 0 Å². The van der Waals surface area contributed by atoms with Crippen LogP contribution in [0, 0.1) is 5.92 Å². The van der Waals surface area contributed by atoms with E-state index in [9.17, 15) is 4.79 Å². The van der Waals surface area contributed by atoms with Crippen LogP contribution in [0.25, 0.3) is 0 Å². The summed E-state index contributed by atoms with van der Waals surface area (Å²) in [4.78, 5) is 16.1. The molecule has 27 heavy (non-hydrogen) atoms. The van der Waals surface area contributed by atoms with E-state index in [0.29, 0.717) is 29.6 Å². The van der Waals surface area contributed by atoms with Crippen LogP contribution in [0.15, 0.2) is 35.7 Å². The van der Waals surface area contributed by atoms with E-state index in [1.54, 1.807) is 32.4 Å². The number of rotatable bonds is 7. The van der Waals surface area contributed by atoms with Gasteiger partial charge in [0, 0.05) is 24.0 Å². The minimum absolute atomic E-state index is 0.209. The van der Waals surface area contributed by atoms with Gasteiger partial charge in [0.1, 0.15) is 11.5 Å². The zero-order valence-electron chi connectivity index (χ0n) is 15.9. The van der Waals surface area contributed by atoms with Crippen LogP contribution in [0.4, 0.5) is 10.5 Å². The van der Waals surface area contributed by atoms with Crippen molar-refractivity contribution in [3.63, 3.8) is 0 Å². The zero-order chi connectivity index (χ0) is 19.1. The van der Waals surface area contributed by atoms with Crippen LogP contribution in [-0.2, 0) is 6.54 Å². The molecule has 2 heterocycles. The molecule has 2 aromatic rings. The van der Waals surface area contributed by atoms with Crippen molar-refractivity contribution in [2.45, 2.75) is 19.4 Å². The number of methoxy groups -OCH3 is 2. The van der Waals surface area contributed by atoms with E-state index in [0.717, 1.165) is 32.5 Å². The standard InChI is InChI=1S/C20H27N3O3S/c1-25-16-5-6-18(19(12-16)26-2)22-20(24)21-13-15-7-9-23(10-8-15)14-17-4-3-11-27-17/h3-6,11-12,15H,7-10,13-14H2,1-2H3,(H2,21,22,24). The Balaban J connectivity index is 1.41. The van der Waals surface area contributed by atoms with Gasteiger partial charge in [-0.25, -0.2) is 4.79 Å². The molecule has 1 saturated heterocycles. The number of thiophene rings is 1. The highest BCUT2D eigenvalue weighted by Crippen LogP contribution is 2.29. The lowest BCUT2D eigenvalue weighted by molar-refractivity contribution is 0.177. The molecule has 1 aliphatic heterocycles. The molecule has 0 radical (unpaired) electrons. The molecule has 0 bridgehead atoms. The molecule has 1 aliphatic rings. The molecule has 3 rings (SSSR count). The molecule has 6 nitrogen and oxygen atoms in total. The number of ether oxygens (including phenoxy) is 2. The third kappa shape index (κ3) is 5.61. The minimum Gasteiger partial charge on any atom is -0.497 e. The third-order valence-electron chi connectivity index (χ3n) is 4.87. The number of urea groups is 1. The molecule has 2 amide bonds. The Hall–Kier alpha value is -2.25. The predicted molar refractivity (Wildman–Crippen MR) is 109 cm³/mol. The van der Waals surface area contributed by atoms with Gasteiger partial charge in [-0.1, -0.05) is 6.07 Å². The highest BCUT2D eigenvalue weighted by atomic mass is 32.1. The minimum atomic E-state index is -0.209. The Kier molecular flexibility index (Phi) is 6.95. The summed E-state index contributed by atoms with van der Waals surface area (Å²) in [5.41, 5.74) is 0.626. The molecule has 2 N–H and O–H groups in total. The Morgan fingerprint density at radius 2 is 2.04 bits per heavy atom. The van der Waals surface area contributed by atoms with Crippen molar-refractivity contribution in [2.75, 3.05) is 39.2 Å². The second-order valence-electron chi connectivity index (χ2n) is 6.70. The number of nitrogens with one attached hydrogen (secondary N) is 2. The lowest BCUT2D eigenvalue weighted by atomic mass is 9.97. The maximum atomic E-state index is 12.2. The van der Waals surface area contributed by atoms with E-state index in [1.807, 2.05) is 11.3 Å². The molecule has 0 saturated carbocycles. The van der Waals surface area contributed by atoms with Gasteiger partial charge in [0.15, 0.2) is 0 Å². The Bertz CT molecular complexity index is 728. The number of carbonyl (C=O) groups excluding carboxylic acids is 1. The lowest BCUT2D eigenvalue weighted by Gasteiger charge is -2.31. The van der Waals surface area contributed by atoms with Crippen LogP contribution in [0.5, 0.6) is 11.5 Å². The van der Waals surface area contributed by atoms with Crippen molar-refractivity contribution >= 4 is 23.1 Å². The molecule has 1 aromatic carbocycles. The van der Waals surface area contributed by atoms with E-state index in [1.165, 1.54) is 4.88 Å². The summed E-state index contributed by atoms with van der Waals surface area (Å²) in [6.45, 7) is 3.89. The monoisotopic (exact) mass is 389 g/mol. The molecule has 0 unspecified atom stereocenters. The average molecular weight is 390 g/mol.